The van der Waals surface area contributed by atoms with Gasteiger partial charge in [-0.1, -0.05) is 50.0 Å². The van der Waals surface area contributed by atoms with Crippen molar-refractivity contribution >= 4 is 23.2 Å². The van der Waals surface area contributed by atoms with Crippen molar-refractivity contribution in [2.45, 2.75) is 52.5 Å². The Morgan fingerprint density at radius 2 is 1.85 bits per heavy atom. The number of benzene rings is 1. The summed E-state index contributed by atoms with van der Waals surface area (Å²) in [5.41, 5.74) is 1.77. The molecule has 1 unspecified atom stereocenters. The highest BCUT2D eigenvalue weighted by atomic mass is 35.5. The molecule has 1 aliphatic rings. The molecule has 0 spiro atoms. The topological polar surface area (TPSA) is 12.0 Å². The average Bonchev–Trinajstić information content (AvgIpc) is 2.40. The van der Waals surface area contributed by atoms with E-state index >= 15 is 0 Å². The van der Waals surface area contributed by atoms with Gasteiger partial charge in [0.1, 0.15) is 0 Å². The van der Waals surface area contributed by atoms with Gasteiger partial charge < -0.3 is 5.32 Å². The fourth-order valence-electron chi connectivity index (χ4n) is 3.24. The highest BCUT2D eigenvalue weighted by molar-refractivity contribution is 6.42. The van der Waals surface area contributed by atoms with Gasteiger partial charge in [0.15, 0.2) is 0 Å². The van der Waals surface area contributed by atoms with Crippen molar-refractivity contribution in [3.05, 3.63) is 33.8 Å². The van der Waals surface area contributed by atoms with Crippen LogP contribution >= 0.6 is 23.2 Å². The molecule has 1 saturated carbocycles. The van der Waals surface area contributed by atoms with E-state index in [0.29, 0.717) is 27.4 Å². The van der Waals surface area contributed by atoms with E-state index in [0.717, 1.165) is 6.54 Å². The molecule has 20 heavy (non-hydrogen) atoms. The van der Waals surface area contributed by atoms with Gasteiger partial charge in [-0.15, -0.1) is 0 Å². The van der Waals surface area contributed by atoms with Crippen LogP contribution in [0.25, 0.3) is 0 Å². The summed E-state index contributed by atoms with van der Waals surface area (Å²) in [6.45, 7) is 7.90. The molecule has 112 valence electrons. The van der Waals surface area contributed by atoms with Crippen LogP contribution < -0.4 is 5.32 Å². The highest BCUT2D eigenvalue weighted by Crippen LogP contribution is 2.43. The third kappa shape index (κ3) is 3.90. The molecule has 1 aromatic carbocycles. The molecule has 0 aromatic heterocycles. The summed E-state index contributed by atoms with van der Waals surface area (Å²) in [6.07, 6.45) is 5.18. The maximum atomic E-state index is 6.18. The zero-order valence-electron chi connectivity index (χ0n) is 12.7. The van der Waals surface area contributed by atoms with Gasteiger partial charge in [-0.25, -0.2) is 0 Å². The van der Waals surface area contributed by atoms with Crippen molar-refractivity contribution < 1.29 is 0 Å². The van der Waals surface area contributed by atoms with Crippen LogP contribution in [0.5, 0.6) is 0 Å². The number of rotatable bonds is 4. The van der Waals surface area contributed by atoms with Crippen LogP contribution in [0.3, 0.4) is 0 Å². The fraction of sp³-hybridized carbons (Fsp3) is 0.647. The quantitative estimate of drug-likeness (QED) is 0.734. The molecular formula is C17H25Cl2N. The van der Waals surface area contributed by atoms with E-state index in [1.807, 2.05) is 12.1 Å². The molecule has 0 radical (unpaired) electrons. The largest absolute Gasteiger partial charge is 0.310 e. The van der Waals surface area contributed by atoms with Crippen molar-refractivity contribution in [1.82, 2.24) is 5.32 Å². The lowest BCUT2D eigenvalue weighted by Gasteiger charge is -2.38. The smallest absolute Gasteiger partial charge is 0.0595 e. The van der Waals surface area contributed by atoms with E-state index in [9.17, 15) is 0 Å². The van der Waals surface area contributed by atoms with Gasteiger partial charge in [-0.3, -0.25) is 0 Å². The summed E-state index contributed by atoms with van der Waals surface area (Å²) in [5.74, 6) is 0.695. The lowest BCUT2D eigenvalue weighted by molar-refractivity contribution is 0.162. The van der Waals surface area contributed by atoms with Crippen LogP contribution in [0, 0.1) is 11.3 Å². The van der Waals surface area contributed by atoms with Crippen molar-refractivity contribution in [2.75, 3.05) is 6.54 Å². The van der Waals surface area contributed by atoms with Crippen molar-refractivity contribution in [2.24, 2.45) is 11.3 Å². The number of hydrogen-bond acceptors (Lipinski definition) is 1. The normalized spacial score (nSPS) is 20.9. The summed E-state index contributed by atoms with van der Waals surface area (Å²) in [4.78, 5) is 0. The van der Waals surface area contributed by atoms with E-state index in [-0.39, 0.29) is 0 Å². The van der Waals surface area contributed by atoms with Crippen LogP contribution in [-0.4, -0.2) is 6.54 Å². The maximum absolute atomic E-state index is 6.18. The molecule has 2 rings (SSSR count). The summed E-state index contributed by atoms with van der Waals surface area (Å²) in [5, 5.41) is 4.93. The molecule has 0 bridgehead atoms. The van der Waals surface area contributed by atoms with Crippen molar-refractivity contribution in [3.8, 4) is 0 Å². The fourth-order valence-corrected chi connectivity index (χ4v) is 3.54. The Morgan fingerprint density at radius 1 is 1.20 bits per heavy atom. The SMILES string of the molecule is CCNC(c1ccc(Cl)c(Cl)c1)C1CCC(C)(C)CC1. The second-order valence-electron chi connectivity index (χ2n) is 6.71. The van der Waals surface area contributed by atoms with Crippen LogP contribution in [0.1, 0.15) is 58.1 Å². The lowest BCUT2D eigenvalue weighted by Crippen LogP contribution is -2.32. The molecule has 1 aliphatic carbocycles. The monoisotopic (exact) mass is 313 g/mol. The first kappa shape index (κ1) is 16.1. The van der Waals surface area contributed by atoms with Gasteiger partial charge in [0, 0.05) is 6.04 Å². The van der Waals surface area contributed by atoms with E-state index in [1.54, 1.807) is 0 Å². The minimum atomic E-state index is 0.394. The molecule has 1 N–H and O–H groups in total. The molecule has 0 aliphatic heterocycles. The van der Waals surface area contributed by atoms with Crippen LogP contribution in [0.2, 0.25) is 10.0 Å². The van der Waals surface area contributed by atoms with E-state index in [4.69, 9.17) is 23.2 Å². The predicted molar refractivity (Wildman–Crippen MR) is 88.6 cm³/mol. The van der Waals surface area contributed by atoms with Gasteiger partial charge in [-0.05, 0) is 61.3 Å². The number of nitrogens with one attached hydrogen (secondary N) is 1. The molecule has 1 aromatic rings. The van der Waals surface area contributed by atoms with Gasteiger partial charge in [0.05, 0.1) is 10.0 Å². The van der Waals surface area contributed by atoms with Crippen molar-refractivity contribution in [1.29, 1.82) is 0 Å². The molecule has 0 amide bonds. The first-order chi connectivity index (χ1) is 9.43. The molecular weight excluding hydrogens is 289 g/mol. The second kappa shape index (κ2) is 6.68. The standard InChI is InChI=1S/C17H25Cl2N/c1-4-20-16(12-7-9-17(2,3)10-8-12)13-5-6-14(18)15(19)11-13/h5-6,11-12,16,20H,4,7-10H2,1-3H3. The van der Waals surface area contributed by atoms with E-state index < -0.39 is 0 Å². The summed E-state index contributed by atoms with van der Waals surface area (Å²) in [7, 11) is 0. The minimum Gasteiger partial charge on any atom is -0.310 e. The zero-order valence-corrected chi connectivity index (χ0v) is 14.2. The molecule has 1 atom stereocenters. The van der Waals surface area contributed by atoms with E-state index in [1.165, 1.54) is 31.2 Å². The molecule has 1 nitrogen and oxygen atoms in total. The summed E-state index contributed by atoms with van der Waals surface area (Å²) in [6, 6.07) is 6.44. The van der Waals surface area contributed by atoms with Gasteiger partial charge in [0.2, 0.25) is 0 Å². The molecule has 3 heteroatoms. The Balaban J connectivity index is 2.16. The molecule has 1 fully saturated rings. The first-order valence-corrected chi connectivity index (χ1v) is 8.37. The first-order valence-electron chi connectivity index (χ1n) is 7.61. The van der Waals surface area contributed by atoms with Crippen LogP contribution in [0.15, 0.2) is 18.2 Å². The zero-order chi connectivity index (χ0) is 14.8. The third-order valence-corrected chi connectivity index (χ3v) is 5.32. The maximum Gasteiger partial charge on any atom is 0.0595 e. The van der Waals surface area contributed by atoms with Gasteiger partial charge in [-0.2, -0.15) is 0 Å². The number of hydrogen-bond donors (Lipinski definition) is 1. The summed E-state index contributed by atoms with van der Waals surface area (Å²) < 4.78 is 0. The summed E-state index contributed by atoms with van der Waals surface area (Å²) >= 11 is 12.2. The number of halogens is 2. The second-order valence-corrected chi connectivity index (χ2v) is 7.52. The average molecular weight is 314 g/mol. The Morgan fingerprint density at radius 3 is 2.40 bits per heavy atom. The Bertz CT molecular complexity index is 446. The highest BCUT2D eigenvalue weighted by Gasteiger charge is 2.31. The van der Waals surface area contributed by atoms with Crippen molar-refractivity contribution in [3.63, 3.8) is 0 Å². The Kier molecular flexibility index (Phi) is 5.39. The predicted octanol–water partition coefficient (Wildman–Crippen LogP) is 5.86. The van der Waals surface area contributed by atoms with Crippen LogP contribution in [0.4, 0.5) is 0 Å². The molecule has 0 heterocycles. The molecule has 0 saturated heterocycles. The van der Waals surface area contributed by atoms with E-state index in [2.05, 4.69) is 32.2 Å². The van der Waals surface area contributed by atoms with Gasteiger partial charge >= 0.3 is 0 Å². The van der Waals surface area contributed by atoms with Gasteiger partial charge in [0.25, 0.3) is 0 Å². The Hall–Kier alpha value is -0.240. The van der Waals surface area contributed by atoms with Crippen LogP contribution in [-0.2, 0) is 0 Å². The lowest BCUT2D eigenvalue weighted by atomic mass is 9.70. The third-order valence-electron chi connectivity index (χ3n) is 4.58. The Labute approximate surface area is 133 Å². The minimum absolute atomic E-state index is 0.394.